The number of hydrogen-bond donors (Lipinski definition) is 1. The molecule has 0 amide bonds. The molecule has 0 aromatic heterocycles. The Kier molecular flexibility index (Phi) is 5.82. The molecule has 2 unspecified atom stereocenters. The van der Waals surface area contributed by atoms with Gasteiger partial charge in [-0.25, -0.2) is 0 Å². The first-order valence-corrected chi connectivity index (χ1v) is 7.79. The highest BCUT2D eigenvalue weighted by molar-refractivity contribution is 5.18. The molecule has 0 aromatic carbocycles. The maximum Gasteiger partial charge on any atom is 0.155 e. The molecule has 1 aliphatic rings. The Morgan fingerprint density at radius 2 is 1.70 bits per heavy atom. The molecule has 1 heterocycles. The molecule has 20 heavy (non-hydrogen) atoms. The first-order valence-electron chi connectivity index (χ1n) is 7.79. The van der Waals surface area contributed by atoms with Crippen LogP contribution < -0.4 is 0 Å². The first kappa shape index (κ1) is 17.7. The van der Waals surface area contributed by atoms with Crippen LogP contribution in [0.5, 0.6) is 0 Å². The summed E-state index contributed by atoms with van der Waals surface area (Å²) in [6, 6.07) is 0. The lowest BCUT2D eigenvalue weighted by Crippen LogP contribution is -2.53. The summed E-state index contributed by atoms with van der Waals surface area (Å²) in [5.41, 5.74) is 2.23. The molecule has 1 rings (SSSR count). The van der Waals surface area contributed by atoms with Crippen molar-refractivity contribution in [2.45, 2.75) is 86.4 Å². The molecule has 0 radical (unpaired) electrons. The molecule has 1 fully saturated rings. The highest BCUT2D eigenvalue weighted by Crippen LogP contribution is 2.43. The summed E-state index contributed by atoms with van der Waals surface area (Å²) in [6.45, 7) is 16.7. The zero-order valence-corrected chi connectivity index (χ0v) is 14.4. The van der Waals surface area contributed by atoms with Crippen molar-refractivity contribution in [2.24, 2.45) is 11.3 Å². The number of aliphatic hydroxyl groups is 1. The van der Waals surface area contributed by atoms with E-state index in [2.05, 4.69) is 34.6 Å². The van der Waals surface area contributed by atoms with Crippen LogP contribution in [0, 0.1) is 11.3 Å². The zero-order valence-electron chi connectivity index (χ0n) is 14.4. The molecule has 0 aromatic rings. The minimum absolute atomic E-state index is 0.0408. The Hall–Kier alpha value is -0.380. The van der Waals surface area contributed by atoms with Crippen LogP contribution in [-0.2, 0) is 9.47 Å². The summed E-state index contributed by atoms with van der Waals surface area (Å²) in [7, 11) is 0. The van der Waals surface area contributed by atoms with Gasteiger partial charge in [-0.1, -0.05) is 33.3 Å². The number of rotatable bonds is 4. The van der Waals surface area contributed by atoms with Crippen LogP contribution in [0.1, 0.15) is 61.8 Å². The smallest absolute Gasteiger partial charge is 0.155 e. The van der Waals surface area contributed by atoms with Gasteiger partial charge >= 0.3 is 0 Å². The van der Waals surface area contributed by atoms with E-state index in [1.54, 1.807) is 0 Å². The molecule has 0 aliphatic carbocycles. The molecule has 1 saturated heterocycles. The van der Waals surface area contributed by atoms with E-state index in [-0.39, 0.29) is 29.8 Å². The van der Waals surface area contributed by atoms with Gasteiger partial charge in [0.15, 0.2) is 6.29 Å². The topological polar surface area (TPSA) is 38.7 Å². The van der Waals surface area contributed by atoms with E-state index < -0.39 is 6.10 Å². The minimum atomic E-state index is -0.403. The summed E-state index contributed by atoms with van der Waals surface area (Å²) >= 11 is 0. The first-order chi connectivity index (χ1) is 9.12. The molecule has 1 aliphatic heterocycles. The van der Waals surface area contributed by atoms with Crippen molar-refractivity contribution in [1.82, 2.24) is 0 Å². The predicted molar refractivity (Wildman–Crippen MR) is 82.5 cm³/mol. The highest BCUT2D eigenvalue weighted by Gasteiger charge is 2.46. The minimum Gasteiger partial charge on any atom is -0.389 e. The quantitative estimate of drug-likeness (QED) is 0.796. The number of aliphatic hydroxyl groups excluding tert-OH is 1. The maximum absolute atomic E-state index is 9.80. The lowest BCUT2D eigenvalue weighted by Gasteiger charge is -2.49. The van der Waals surface area contributed by atoms with Crippen LogP contribution in [0.15, 0.2) is 11.1 Å². The molecule has 1 N–H and O–H groups in total. The van der Waals surface area contributed by atoms with Crippen molar-refractivity contribution in [2.75, 3.05) is 0 Å². The van der Waals surface area contributed by atoms with Gasteiger partial charge in [0, 0.05) is 11.3 Å². The van der Waals surface area contributed by atoms with E-state index in [0.717, 1.165) is 12.0 Å². The summed E-state index contributed by atoms with van der Waals surface area (Å²) in [4.78, 5) is 0. The van der Waals surface area contributed by atoms with Crippen molar-refractivity contribution >= 4 is 0 Å². The van der Waals surface area contributed by atoms with Crippen LogP contribution in [-0.4, -0.2) is 29.7 Å². The molecule has 5 atom stereocenters. The van der Waals surface area contributed by atoms with Gasteiger partial charge in [-0.15, -0.1) is 0 Å². The number of ether oxygens (including phenoxy) is 2. The second-order valence-corrected chi connectivity index (χ2v) is 6.81. The Bertz CT molecular complexity index is 357. The standard InChI is InChI=1S/C17H32O3/c1-9-15-17(7,8)16(20-14(6)19-15)12(4)10(2)11(3)13(5)18/h12-16,18H,9H2,1-8H3/b11-10+/t12?,13-,14?,15-,16-/m0/s1. The van der Waals surface area contributed by atoms with Gasteiger partial charge in [-0.05, 0) is 39.7 Å². The third-order valence-electron chi connectivity index (χ3n) is 5.01. The third kappa shape index (κ3) is 3.44. The van der Waals surface area contributed by atoms with Crippen molar-refractivity contribution in [3.8, 4) is 0 Å². The van der Waals surface area contributed by atoms with Crippen LogP contribution in [0.4, 0.5) is 0 Å². The monoisotopic (exact) mass is 284 g/mol. The van der Waals surface area contributed by atoms with Gasteiger partial charge in [-0.3, -0.25) is 0 Å². The van der Waals surface area contributed by atoms with Gasteiger partial charge < -0.3 is 14.6 Å². The van der Waals surface area contributed by atoms with Crippen LogP contribution >= 0.6 is 0 Å². The van der Waals surface area contributed by atoms with Crippen LogP contribution in [0.25, 0.3) is 0 Å². The fraction of sp³-hybridized carbons (Fsp3) is 0.882. The Morgan fingerprint density at radius 3 is 2.15 bits per heavy atom. The lowest BCUT2D eigenvalue weighted by atomic mass is 9.71. The average molecular weight is 284 g/mol. The summed E-state index contributed by atoms with van der Waals surface area (Å²) in [6.07, 6.45) is 0.727. The van der Waals surface area contributed by atoms with Gasteiger partial charge in [0.25, 0.3) is 0 Å². The normalized spacial score (nSPS) is 34.4. The fourth-order valence-electron chi connectivity index (χ4n) is 3.30. The molecule has 3 heteroatoms. The Labute approximate surface area is 124 Å². The molecule has 0 spiro atoms. The predicted octanol–water partition coefficient (Wildman–Crippen LogP) is 3.91. The second-order valence-electron chi connectivity index (χ2n) is 6.81. The van der Waals surface area contributed by atoms with Crippen molar-refractivity contribution in [3.63, 3.8) is 0 Å². The second kappa shape index (κ2) is 6.59. The van der Waals surface area contributed by atoms with E-state index in [4.69, 9.17) is 9.47 Å². The van der Waals surface area contributed by atoms with Crippen LogP contribution in [0.2, 0.25) is 0 Å². The van der Waals surface area contributed by atoms with E-state index in [1.165, 1.54) is 5.57 Å². The fourth-order valence-corrected chi connectivity index (χ4v) is 3.30. The van der Waals surface area contributed by atoms with Crippen molar-refractivity contribution in [3.05, 3.63) is 11.1 Å². The Morgan fingerprint density at radius 1 is 1.15 bits per heavy atom. The molecule has 3 nitrogen and oxygen atoms in total. The van der Waals surface area contributed by atoms with Gasteiger partial charge in [0.2, 0.25) is 0 Å². The van der Waals surface area contributed by atoms with E-state index >= 15 is 0 Å². The molecular formula is C17H32O3. The summed E-state index contributed by atoms with van der Waals surface area (Å²) < 4.78 is 12.0. The van der Waals surface area contributed by atoms with Gasteiger partial charge in [-0.2, -0.15) is 0 Å². The average Bonchev–Trinajstić information content (AvgIpc) is 2.38. The van der Waals surface area contributed by atoms with Crippen molar-refractivity contribution in [1.29, 1.82) is 0 Å². The maximum atomic E-state index is 9.80. The molecule has 0 bridgehead atoms. The summed E-state index contributed by atoms with van der Waals surface area (Å²) in [5.74, 6) is 0.264. The number of hydrogen-bond acceptors (Lipinski definition) is 3. The largest absolute Gasteiger partial charge is 0.389 e. The third-order valence-corrected chi connectivity index (χ3v) is 5.01. The Balaban J connectivity index is 3.06. The molecular weight excluding hydrogens is 252 g/mol. The summed E-state index contributed by atoms with van der Waals surface area (Å²) in [5, 5.41) is 9.80. The van der Waals surface area contributed by atoms with E-state index in [1.807, 2.05) is 20.8 Å². The van der Waals surface area contributed by atoms with E-state index in [0.29, 0.717) is 0 Å². The SMILES string of the molecule is CC[C@@H]1OC(C)O[C@@H](C(C)/C(C)=C(\C)[C@H](C)O)C1(C)C. The molecule has 0 saturated carbocycles. The van der Waals surface area contributed by atoms with Crippen molar-refractivity contribution < 1.29 is 14.6 Å². The van der Waals surface area contributed by atoms with E-state index in [9.17, 15) is 5.11 Å². The highest BCUT2D eigenvalue weighted by atomic mass is 16.7. The zero-order chi connectivity index (χ0) is 15.7. The van der Waals surface area contributed by atoms with Gasteiger partial charge in [0.05, 0.1) is 18.3 Å². The lowest BCUT2D eigenvalue weighted by molar-refractivity contribution is -0.294. The molecule has 118 valence electrons. The van der Waals surface area contributed by atoms with Gasteiger partial charge in [0.1, 0.15) is 0 Å². The van der Waals surface area contributed by atoms with Crippen LogP contribution in [0.3, 0.4) is 0 Å².